The Labute approximate surface area is 256 Å². The van der Waals surface area contributed by atoms with E-state index < -0.39 is 37.7 Å². The average molecular weight is 651 g/mol. The lowest BCUT2D eigenvalue weighted by Crippen LogP contribution is -2.62. The lowest BCUT2D eigenvalue weighted by Gasteiger charge is -2.33. The van der Waals surface area contributed by atoms with Crippen LogP contribution in [0, 0.1) is 0 Å². The van der Waals surface area contributed by atoms with Crippen molar-refractivity contribution in [3.63, 3.8) is 0 Å². The fraction of sp³-hybridized carbons (Fsp3) is 0.276. The molecule has 43 heavy (non-hydrogen) atoms. The third-order valence-corrected chi connectivity index (χ3v) is 11.6. The minimum absolute atomic E-state index is 0.0255. The zero-order chi connectivity index (χ0) is 30.8. The molecule has 1 aliphatic heterocycles. The van der Waals surface area contributed by atoms with Gasteiger partial charge in [0.2, 0.25) is 0 Å². The van der Waals surface area contributed by atoms with Gasteiger partial charge in [0.25, 0.3) is 0 Å². The molecule has 2 N–H and O–H groups in total. The number of likely N-dealkylation sites (tertiary alicyclic amines) is 1. The van der Waals surface area contributed by atoms with E-state index in [9.17, 15) is 26.4 Å². The van der Waals surface area contributed by atoms with E-state index in [0.717, 1.165) is 29.0 Å². The summed E-state index contributed by atoms with van der Waals surface area (Å²) in [7, 11) is -4.11. The number of anilines is 1. The Morgan fingerprint density at radius 3 is 2.37 bits per heavy atom. The summed E-state index contributed by atoms with van der Waals surface area (Å²) in [5.41, 5.74) is 1.56. The Hall–Kier alpha value is -3.52. The van der Waals surface area contributed by atoms with Crippen molar-refractivity contribution in [1.29, 1.82) is 0 Å². The number of carbonyl (C=O) groups is 1. The molecule has 1 aromatic carbocycles. The largest absolute Gasteiger partial charge is 0.432 e. The molecule has 1 unspecified atom stereocenters. The van der Waals surface area contributed by atoms with Crippen LogP contribution < -0.4 is 10.6 Å². The summed E-state index contributed by atoms with van der Waals surface area (Å²) < 4.78 is 66.6. The van der Waals surface area contributed by atoms with E-state index >= 15 is 0 Å². The first-order valence-electron chi connectivity index (χ1n) is 13.4. The smallest absolute Gasteiger partial charge is 0.366 e. The molecule has 0 saturated carbocycles. The standard InChI is InChI=1S/C29H27ClF3N5O3S2/c1-19-3-2-14-38(19,43(40,41)27-9-8-25(30)42-27)28(39)36-18-21-15-24(22-4-6-23(7-5-22)29(31,32)33)37-26(16-21)35-17-20-10-12-34-13-11-20/h4-13,15-16,19H,2-3,14,17-18H2,1H3,(H-,35,36,37,39)/p+1/t19-,38?/m1/s1. The molecule has 2 atom stereocenters. The third kappa shape index (κ3) is 6.40. The van der Waals surface area contributed by atoms with Crippen LogP contribution in [0.25, 0.3) is 11.3 Å². The summed E-state index contributed by atoms with van der Waals surface area (Å²) in [4.78, 5) is 22.4. The fourth-order valence-electron chi connectivity index (χ4n) is 5.18. The number of benzene rings is 1. The van der Waals surface area contributed by atoms with Crippen LogP contribution in [-0.2, 0) is 29.3 Å². The molecular weight excluding hydrogens is 623 g/mol. The topological polar surface area (TPSA) is 101 Å². The van der Waals surface area contributed by atoms with Crippen LogP contribution in [0.2, 0.25) is 4.34 Å². The van der Waals surface area contributed by atoms with Gasteiger partial charge in [-0.15, -0.1) is 15.2 Å². The molecule has 8 nitrogen and oxygen atoms in total. The Kier molecular flexibility index (Phi) is 8.80. The van der Waals surface area contributed by atoms with E-state index in [1.807, 2.05) is 12.1 Å². The Morgan fingerprint density at radius 1 is 1.05 bits per heavy atom. The van der Waals surface area contributed by atoms with Gasteiger partial charge in [-0.25, -0.2) is 9.78 Å². The number of pyridine rings is 2. The Morgan fingerprint density at radius 2 is 1.77 bits per heavy atom. The molecule has 2 amide bonds. The number of nitrogens with one attached hydrogen (secondary N) is 2. The van der Waals surface area contributed by atoms with Crippen LogP contribution in [-0.4, -0.2) is 40.9 Å². The van der Waals surface area contributed by atoms with Crippen molar-refractivity contribution < 1.29 is 30.3 Å². The number of hydrogen-bond acceptors (Lipinski definition) is 7. The highest BCUT2D eigenvalue weighted by atomic mass is 35.5. The van der Waals surface area contributed by atoms with Crippen molar-refractivity contribution >= 4 is 44.8 Å². The molecule has 226 valence electrons. The quantitative estimate of drug-likeness (QED) is 0.198. The number of hydrogen-bond donors (Lipinski definition) is 2. The summed E-state index contributed by atoms with van der Waals surface area (Å²) in [6, 6.07) is 13.4. The second kappa shape index (κ2) is 12.2. The van der Waals surface area contributed by atoms with E-state index in [2.05, 4.69) is 20.6 Å². The van der Waals surface area contributed by atoms with E-state index in [1.54, 1.807) is 31.5 Å². The minimum atomic E-state index is -4.48. The van der Waals surface area contributed by atoms with Crippen molar-refractivity contribution in [2.45, 2.75) is 49.3 Å². The zero-order valence-electron chi connectivity index (χ0n) is 22.9. The molecular formula is C29H28ClF3N5O3S2+. The number of nitrogens with zero attached hydrogens (tertiary/aromatic N) is 3. The van der Waals surface area contributed by atoms with Gasteiger partial charge in [-0.2, -0.15) is 21.6 Å². The van der Waals surface area contributed by atoms with Gasteiger partial charge in [-0.05, 0) is 66.6 Å². The maximum absolute atomic E-state index is 13.8. The second-order valence-corrected chi connectivity index (χ2v) is 14.2. The first-order valence-corrected chi connectivity index (χ1v) is 16.0. The number of alkyl halides is 3. The maximum Gasteiger partial charge on any atom is 0.432 e. The molecule has 4 aromatic rings. The highest BCUT2D eigenvalue weighted by Crippen LogP contribution is 2.39. The normalized spacial score (nSPS) is 18.9. The number of urea groups is 1. The molecule has 14 heteroatoms. The second-order valence-electron chi connectivity index (χ2n) is 10.2. The lowest BCUT2D eigenvalue weighted by atomic mass is 10.1. The van der Waals surface area contributed by atoms with Crippen molar-refractivity contribution in [1.82, 2.24) is 15.3 Å². The number of amides is 2. The first kappa shape index (κ1) is 30.9. The van der Waals surface area contributed by atoms with Crippen molar-refractivity contribution in [2.75, 3.05) is 11.9 Å². The third-order valence-electron chi connectivity index (χ3n) is 7.46. The van der Waals surface area contributed by atoms with E-state index in [4.69, 9.17) is 11.6 Å². The number of rotatable bonds is 8. The van der Waals surface area contributed by atoms with Crippen LogP contribution in [0.15, 0.2) is 77.3 Å². The average Bonchev–Trinajstić information content (AvgIpc) is 3.61. The molecule has 0 aliphatic carbocycles. The number of sulfonamides is 1. The van der Waals surface area contributed by atoms with Crippen molar-refractivity contribution in [3.05, 3.63) is 94.1 Å². The monoisotopic (exact) mass is 650 g/mol. The van der Waals surface area contributed by atoms with Crippen LogP contribution in [0.5, 0.6) is 0 Å². The number of thiophene rings is 1. The van der Waals surface area contributed by atoms with Gasteiger partial charge in [-0.1, -0.05) is 23.7 Å². The SMILES string of the molecule is C[C@@H]1CCC[N+]1(C(=O)NCc1cc(NCc2ccncc2)nc(-c2ccc(C(F)(F)F)cc2)c1)S(=O)(=O)c1ccc(Cl)s1. The predicted octanol–water partition coefficient (Wildman–Crippen LogP) is 7.09. The van der Waals surface area contributed by atoms with Crippen LogP contribution in [0.1, 0.15) is 36.5 Å². The van der Waals surface area contributed by atoms with Gasteiger partial charge in [0.15, 0.2) is 4.21 Å². The highest BCUT2D eigenvalue weighted by molar-refractivity contribution is 7.88. The highest BCUT2D eigenvalue weighted by Gasteiger charge is 2.57. The van der Waals surface area contributed by atoms with Gasteiger partial charge >= 0.3 is 22.2 Å². The molecule has 1 fully saturated rings. The van der Waals surface area contributed by atoms with E-state index in [0.29, 0.717) is 46.4 Å². The molecule has 1 aliphatic rings. The summed E-state index contributed by atoms with van der Waals surface area (Å²) in [6.07, 6.45) is -0.0537. The van der Waals surface area contributed by atoms with Gasteiger partial charge < -0.3 is 10.6 Å². The maximum atomic E-state index is 13.8. The number of quaternary nitrogens is 1. The van der Waals surface area contributed by atoms with Gasteiger partial charge in [0.1, 0.15) is 18.4 Å². The number of halogens is 4. The Bertz CT molecular complexity index is 1720. The van der Waals surface area contributed by atoms with Crippen LogP contribution >= 0.6 is 22.9 Å². The van der Waals surface area contributed by atoms with Crippen molar-refractivity contribution in [2.24, 2.45) is 0 Å². The lowest BCUT2D eigenvalue weighted by molar-refractivity contribution is -0.733. The molecule has 1 saturated heterocycles. The van der Waals surface area contributed by atoms with Crippen LogP contribution in [0.4, 0.5) is 23.8 Å². The van der Waals surface area contributed by atoms with E-state index in [1.165, 1.54) is 24.3 Å². The van der Waals surface area contributed by atoms with Crippen molar-refractivity contribution in [3.8, 4) is 11.3 Å². The molecule has 3 aromatic heterocycles. The summed E-state index contributed by atoms with van der Waals surface area (Å²) in [5.74, 6) is 0.428. The minimum Gasteiger partial charge on any atom is -0.366 e. The summed E-state index contributed by atoms with van der Waals surface area (Å²) in [5, 5.41) is 6.03. The molecule has 4 heterocycles. The van der Waals surface area contributed by atoms with E-state index in [-0.39, 0.29) is 17.3 Å². The van der Waals surface area contributed by atoms with Crippen LogP contribution in [0.3, 0.4) is 0 Å². The molecule has 0 spiro atoms. The van der Waals surface area contributed by atoms with Gasteiger partial charge in [0.05, 0.1) is 15.6 Å². The Balaban J connectivity index is 1.44. The number of carbonyl (C=O) groups excluding carboxylic acids is 1. The fourth-order valence-corrected chi connectivity index (χ4v) is 8.97. The van der Waals surface area contributed by atoms with Gasteiger partial charge in [-0.3, -0.25) is 4.98 Å². The predicted molar refractivity (Wildman–Crippen MR) is 159 cm³/mol. The summed E-state index contributed by atoms with van der Waals surface area (Å²) in [6.45, 7) is 2.23. The zero-order valence-corrected chi connectivity index (χ0v) is 25.3. The number of aromatic nitrogens is 2. The first-order chi connectivity index (χ1) is 20.4. The summed E-state index contributed by atoms with van der Waals surface area (Å²) >= 11 is 6.94. The molecule has 5 rings (SSSR count). The molecule has 0 radical (unpaired) electrons. The van der Waals surface area contributed by atoms with Gasteiger partial charge in [0, 0.05) is 43.9 Å². The molecule has 0 bridgehead atoms.